The lowest BCUT2D eigenvalue weighted by Crippen LogP contribution is -2.37. The fraction of sp³-hybridized carbons (Fsp3) is 0.778. The predicted octanol–water partition coefficient (Wildman–Crippen LogP) is 15.0. The number of rotatable bonds is 47. The van der Waals surface area contributed by atoms with Crippen molar-refractivity contribution in [2.75, 3.05) is 47.5 Å². The zero-order chi connectivity index (χ0) is 47.1. The third kappa shape index (κ3) is 49.2. The summed E-state index contributed by atoms with van der Waals surface area (Å²) in [6.07, 6.45) is 56.7. The molecule has 0 aromatic carbocycles. The maximum atomic E-state index is 12.8. The van der Waals surface area contributed by atoms with Gasteiger partial charge in [-0.15, -0.1) is 0 Å². The third-order valence-corrected chi connectivity index (χ3v) is 12.0. The maximum Gasteiger partial charge on any atom is 0.306 e. The summed E-state index contributed by atoms with van der Waals surface area (Å²) in [5.74, 6) is -0.842. The van der Waals surface area contributed by atoms with Crippen LogP contribution in [0.2, 0.25) is 0 Å². The second-order valence-corrected chi connectivity index (χ2v) is 19.9. The smallest absolute Gasteiger partial charge is 0.306 e. The van der Waals surface area contributed by atoms with Crippen molar-refractivity contribution >= 4 is 19.8 Å². The van der Waals surface area contributed by atoms with Gasteiger partial charge >= 0.3 is 11.9 Å². The molecule has 9 nitrogen and oxygen atoms in total. The van der Waals surface area contributed by atoms with E-state index in [0.717, 1.165) is 83.5 Å². The zero-order valence-electron chi connectivity index (χ0n) is 42.0. The first kappa shape index (κ1) is 61.7. The normalized spacial score (nSPS) is 13.9. The Balaban J connectivity index is 4.25. The van der Waals surface area contributed by atoms with Crippen molar-refractivity contribution in [2.24, 2.45) is 0 Å². The summed E-state index contributed by atoms with van der Waals surface area (Å²) in [5, 5.41) is 0. The van der Waals surface area contributed by atoms with Gasteiger partial charge in [-0.3, -0.25) is 14.2 Å². The Labute approximate surface area is 394 Å². The molecule has 0 amide bonds. The summed E-state index contributed by atoms with van der Waals surface area (Å²) >= 11 is 0. The number of esters is 2. The van der Waals surface area contributed by atoms with Gasteiger partial charge < -0.3 is 27.9 Å². The Hall–Kier alpha value is -2.29. The van der Waals surface area contributed by atoms with E-state index in [9.17, 15) is 19.0 Å². The third-order valence-electron chi connectivity index (χ3n) is 11.0. The molecular formula is C54H98NO8P. The molecule has 2 atom stereocenters. The van der Waals surface area contributed by atoms with E-state index in [1.165, 1.54) is 103 Å². The molecule has 10 heteroatoms. The highest BCUT2D eigenvalue weighted by Crippen LogP contribution is 2.38. The Morgan fingerprint density at radius 3 is 1.34 bits per heavy atom. The fourth-order valence-electron chi connectivity index (χ4n) is 6.99. The number of phosphoric acid groups is 1. The highest BCUT2D eigenvalue weighted by molar-refractivity contribution is 7.45. The number of phosphoric ester groups is 1. The van der Waals surface area contributed by atoms with Crippen molar-refractivity contribution in [1.29, 1.82) is 0 Å². The molecule has 0 spiro atoms. The van der Waals surface area contributed by atoms with Gasteiger partial charge in [0.2, 0.25) is 0 Å². The van der Waals surface area contributed by atoms with E-state index in [1.807, 2.05) is 21.1 Å². The van der Waals surface area contributed by atoms with E-state index in [2.05, 4.69) is 74.6 Å². The SMILES string of the molecule is CC/C=C\C/C=C\C/C=C\C/C=C\CCCCCCCCCCCCC(=O)OC(COC(=O)CCCCCCCCC/C=C\CCCCCCCC)COP(=O)([O-])OCC[N+](C)(C)C. The van der Waals surface area contributed by atoms with Crippen LogP contribution in [0.25, 0.3) is 0 Å². The molecule has 0 aliphatic rings. The Morgan fingerprint density at radius 1 is 0.500 bits per heavy atom. The van der Waals surface area contributed by atoms with Gasteiger partial charge in [0, 0.05) is 12.8 Å². The molecule has 0 bridgehead atoms. The first-order chi connectivity index (χ1) is 31.0. The van der Waals surface area contributed by atoms with Gasteiger partial charge in [0.1, 0.15) is 19.8 Å². The topological polar surface area (TPSA) is 111 Å². The number of unbranched alkanes of at least 4 members (excludes halogenated alkanes) is 23. The second-order valence-electron chi connectivity index (χ2n) is 18.5. The molecule has 0 fully saturated rings. The van der Waals surface area contributed by atoms with Crippen LogP contribution in [0, 0.1) is 0 Å². The molecule has 64 heavy (non-hydrogen) atoms. The monoisotopic (exact) mass is 920 g/mol. The average Bonchev–Trinajstić information content (AvgIpc) is 3.25. The fourth-order valence-corrected chi connectivity index (χ4v) is 7.72. The first-order valence-electron chi connectivity index (χ1n) is 26.0. The summed E-state index contributed by atoms with van der Waals surface area (Å²) in [7, 11) is 1.16. The van der Waals surface area contributed by atoms with E-state index >= 15 is 0 Å². The Morgan fingerprint density at radius 2 is 0.891 bits per heavy atom. The molecule has 0 saturated carbocycles. The van der Waals surface area contributed by atoms with Crippen molar-refractivity contribution in [3.63, 3.8) is 0 Å². The predicted molar refractivity (Wildman–Crippen MR) is 268 cm³/mol. The lowest BCUT2D eigenvalue weighted by atomic mass is 10.0. The summed E-state index contributed by atoms with van der Waals surface area (Å²) in [4.78, 5) is 37.7. The van der Waals surface area contributed by atoms with Crippen molar-refractivity contribution in [1.82, 2.24) is 0 Å². The van der Waals surface area contributed by atoms with Gasteiger partial charge in [-0.2, -0.15) is 0 Å². The Kier molecular flexibility index (Phi) is 44.2. The minimum Gasteiger partial charge on any atom is -0.756 e. The van der Waals surface area contributed by atoms with E-state index in [0.29, 0.717) is 17.4 Å². The number of ether oxygens (including phenoxy) is 2. The average molecular weight is 920 g/mol. The lowest BCUT2D eigenvalue weighted by Gasteiger charge is -2.28. The highest BCUT2D eigenvalue weighted by Gasteiger charge is 2.21. The quantitative estimate of drug-likeness (QED) is 0.0195. The molecule has 0 N–H and O–H groups in total. The van der Waals surface area contributed by atoms with Crippen LogP contribution < -0.4 is 4.89 Å². The van der Waals surface area contributed by atoms with Gasteiger partial charge in [0.15, 0.2) is 6.10 Å². The minimum atomic E-state index is -4.63. The molecule has 0 aliphatic heterocycles. The van der Waals surface area contributed by atoms with Crippen LogP contribution in [0.3, 0.4) is 0 Å². The van der Waals surface area contributed by atoms with Gasteiger partial charge in [-0.05, 0) is 77.0 Å². The molecule has 0 heterocycles. The van der Waals surface area contributed by atoms with Gasteiger partial charge in [0.25, 0.3) is 7.82 Å². The van der Waals surface area contributed by atoms with E-state index in [1.54, 1.807) is 0 Å². The minimum absolute atomic E-state index is 0.0341. The highest BCUT2D eigenvalue weighted by atomic mass is 31.2. The molecule has 0 aliphatic carbocycles. The number of carbonyl (C=O) groups excluding carboxylic acids is 2. The van der Waals surface area contributed by atoms with Crippen molar-refractivity contribution in [2.45, 2.75) is 225 Å². The van der Waals surface area contributed by atoms with Crippen LogP contribution >= 0.6 is 7.82 Å². The van der Waals surface area contributed by atoms with Crippen molar-refractivity contribution < 1.29 is 42.1 Å². The molecule has 372 valence electrons. The number of carbonyl (C=O) groups is 2. The van der Waals surface area contributed by atoms with Crippen LogP contribution in [-0.4, -0.2) is 70.0 Å². The molecule has 0 saturated heterocycles. The van der Waals surface area contributed by atoms with Gasteiger partial charge in [-0.1, -0.05) is 190 Å². The van der Waals surface area contributed by atoms with Crippen molar-refractivity contribution in [3.05, 3.63) is 60.8 Å². The summed E-state index contributed by atoms with van der Waals surface area (Å²) in [5.41, 5.74) is 0. The van der Waals surface area contributed by atoms with Crippen molar-refractivity contribution in [3.8, 4) is 0 Å². The maximum absolute atomic E-state index is 12.8. The number of hydrogen-bond donors (Lipinski definition) is 0. The zero-order valence-corrected chi connectivity index (χ0v) is 42.9. The second kappa shape index (κ2) is 45.8. The number of nitrogens with zero attached hydrogens (tertiary/aromatic N) is 1. The molecular weight excluding hydrogens is 822 g/mol. The number of quaternary nitrogens is 1. The largest absolute Gasteiger partial charge is 0.756 e. The summed E-state index contributed by atoms with van der Waals surface area (Å²) in [6.45, 7) is 4.12. The van der Waals surface area contributed by atoms with Crippen LogP contribution in [0.5, 0.6) is 0 Å². The molecule has 0 aromatic rings. The number of likely N-dealkylation sites (N-methyl/N-ethyl adjacent to an activating group) is 1. The molecule has 0 aromatic heterocycles. The summed E-state index contributed by atoms with van der Waals surface area (Å²) < 4.78 is 34.1. The molecule has 0 rings (SSSR count). The number of hydrogen-bond acceptors (Lipinski definition) is 8. The van der Waals surface area contributed by atoms with Gasteiger partial charge in [0.05, 0.1) is 27.7 Å². The van der Waals surface area contributed by atoms with Crippen LogP contribution in [-0.2, 0) is 32.7 Å². The first-order valence-corrected chi connectivity index (χ1v) is 27.5. The molecule has 2 unspecified atom stereocenters. The van der Waals surface area contributed by atoms with E-state index in [4.69, 9.17) is 18.5 Å². The number of allylic oxidation sites excluding steroid dienone is 10. The lowest BCUT2D eigenvalue weighted by molar-refractivity contribution is -0.870. The standard InChI is InChI=1S/C54H98NO8P/c1-6-8-10-12-14-16-18-20-22-24-25-26-27-28-29-31-33-35-37-39-41-43-45-47-54(57)63-52(51-62-64(58,59)61-49-48-55(3,4)5)50-60-53(56)46-44-42-40-38-36-34-32-30-23-21-19-17-15-13-11-9-7-2/h8,10,14,16,20-23,25-26,52H,6-7,9,11-13,15,17-19,24,27-51H2,1-5H3/b10-8-,16-14-,22-20-,23-21-,26-25-. The van der Waals surface area contributed by atoms with Crippen LogP contribution in [0.1, 0.15) is 219 Å². The van der Waals surface area contributed by atoms with E-state index in [-0.39, 0.29) is 32.0 Å². The van der Waals surface area contributed by atoms with Gasteiger partial charge in [-0.25, -0.2) is 0 Å². The van der Waals surface area contributed by atoms with Crippen LogP contribution in [0.15, 0.2) is 60.8 Å². The summed E-state index contributed by atoms with van der Waals surface area (Å²) in [6, 6.07) is 0. The molecule has 0 radical (unpaired) electrons. The Bertz CT molecular complexity index is 1270. The van der Waals surface area contributed by atoms with E-state index < -0.39 is 26.5 Å². The van der Waals surface area contributed by atoms with Crippen LogP contribution in [0.4, 0.5) is 0 Å².